The highest BCUT2D eigenvalue weighted by molar-refractivity contribution is 6.03. The van der Waals surface area contributed by atoms with Crippen molar-refractivity contribution < 1.29 is 9.59 Å². The first-order valence-electron chi connectivity index (χ1n) is 11.7. The number of nitrogens with one attached hydrogen (secondary N) is 1. The molecule has 3 aromatic carbocycles. The van der Waals surface area contributed by atoms with E-state index in [4.69, 9.17) is 6.42 Å². The third-order valence-corrected chi connectivity index (χ3v) is 6.62. The predicted octanol–water partition coefficient (Wildman–Crippen LogP) is 5.81. The van der Waals surface area contributed by atoms with E-state index < -0.39 is 6.04 Å². The maximum absolute atomic E-state index is 13.7. The number of carbonyl (C=O) groups excluding carboxylic acids is 2. The van der Waals surface area contributed by atoms with Crippen molar-refractivity contribution >= 4 is 28.3 Å². The zero-order valence-electron chi connectivity index (χ0n) is 19.1. The molecule has 0 radical (unpaired) electrons. The van der Waals surface area contributed by atoms with E-state index in [1.807, 2.05) is 67.6 Å². The van der Waals surface area contributed by atoms with Crippen LogP contribution in [0.25, 0.3) is 10.8 Å². The fourth-order valence-corrected chi connectivity index (χ4v) is 4.91. The Morgan fingerprint density at radius 1 is 1.00 bits per heavy atom. The largest absolute Gasteiger partial charge is 0.324 e. The zero-order valence-corrected chi connectivity index (χ0v) is 19.1. The normalized spacial score (nSPS) is 14.9. The van der Waals surface area contributed by atoms with Gasteiger partial charge in [-0.15, -0.1) is 6.42 Å². The number of rotatable bonds is 6. The van der Waals surface area contributed by atoms with Crippen molar-refractivity contribution in [3.63, 3.8) is 0 Å². The fraction of sp³-hybridized carbons (Fsp3) is 0.310. The first-order chi connectivity index (χ1) is 16.1. The van der Waals surface area contributed by atoms with Gasteiger partial charge in [0.05, 0.1) is 6.54 Å². The maximum Gasteiger partial charge on any atom is 0.255 e. The van der Waals surface area contributed by atoms with Crippen LogP contribution in [-0.2, 0) is 4.79 Å². The lowest BCUT2D eigenvalue weighted by molar-refractivity contribution is -0.122. The summed E-state index contributed by atoms with van der Waals surface area (Å²) in [7, 11) is 0. The summed E-state index contributed by atoms with van der Waals surface area (Å²) >= 11 is 0. The van der Waals surface area contributed by atoms with Crippen LogP contribution < -0.4 is 5.32 Å². The molecule has 1 N–H and O–H groups in total. The number of benzene rings is 3. The predicted molar refractivity (Wildman–Crippen MR) is 134 cm³/mol. The van der Waals surface area contributed by atoms with Crippen LogP contribution in [0.1, 0.15) is 48.0 Å². The smallest absolute Gasteiger partial charge is 0.255 e. The molecule has 168 valence electrons. The second-order valence-corrected chi connectivity index (χ2v) is 8.85. The minimum absolute atomic E-state index is 0.0838. The fourth-order valence-electron chi connectivity index (χ4n) is 4.91. The number of carbonyl (C=O) groups is 2. The van der Waals surface area contributed by atoms with E-state index in [0.29, 0.717) is 5.56 Å². The molecular weight excluding hydrogens is 408 g/mol. The Balaban J connectivity index is 1.67. The summed E-state index contributed by atoms with van der Waals surface area (Å²) in [5.74, 6) is 2.35. The topological polar surface area (TPSA) is 49.4 Å². The molecule has 4 nitrogen and oxygen atoms in total. The van der Waals surface area contributed by atoms with Crippen molar-refractivity contribution in [1.29, 1.82) is 0 Å². The van der Waals surface area contributed by atoms with Crippen LogP contribution >= 0.6 is 0 Å². The molecule has 0 aliphatic heterocycles. The van der Waals surface area contributed by atoms with Gasteiger partial charge >= 0.3 is 0 Å². The van der Waals surface area contributed by atoms with E-state index in [9.17, 15) is 9.59 Å². The Hall–Kier alpha value is -3.58. The van der Waals surface area contributed by atoms with Gasteiger partial charge in [0.2, 0.25) is 5.91 Å². The molecule has 0 aromatic heterocycles. The van der Waals surface area contributed by atoms with Gasteiger partial charge in [-0.25, -0.2) is 0 Å². The molecule has 2 amide bonds. The third-order valence-electron chi connectivity index (χ3n) is 6.62. The summed E-state index contributed by atoms with van der Waals surface area (Å²) in [6, 6.07) is 20.8. The first-order valence-corrected chi connectivity index (χ1v) is 11.7. The van der Waals surface area contributed by atoms with Crippen LogP contribution in [0.4, 0.5) is 5.69 Å². The van der Waals surface area contributed by atoms with Crippen LogP contribution in [-0.4, -0.2) is 29.3 Å². The molecule has 3 aromatic rings. The van der Waals surface area contributed by atoms with Crippen molar-refractivity contribution in [3.8, 4) is 12.3 Å². The summed E-state index contributed by atoms with van der Waals surface area (Å²) in [6.07, 6.45) is 10.8. The standard InChI is InChI=1S/C29H30N2O2/c1-3-19-31(29(33)26-16-10-7-11-21(26)2)27(23-13-5-4-6-14-23)28(32)30-25-18-17-22-12-8-9-15-24(22)20-25/h1,7-12,15-18,20,23,27H,4-6,13-14,19H2,2H3,(H,30,32). The first kappa shape index (κ1) is 22.6. The van der Waals surface area contributed by atoms with Crippen molar-refractivity contribution in [2.45, 2.75) is 45.1 Å². The lowest BCUT2D eigenvalue weighted by Crippen LogP contribution is -2.52. The molecule has 0 saturated heterocycles. The van der Waals surface area contributed by atoms with Gasteiger partial charge in [-0.2, -0.15) is 0 Å². The molecule has 0 heterocycles. The van der Waals surface area contributed by atoms with Gasteiger partial charge in [0.1, 0.15) is 6.04 Å². The number of anilines is 1. The second-order valence-electron chi connectivity index (χ2n) is 8.85. The highest BCUT2D eigenvalue weighted by atomic mass is 16.2. The number of hydrogen-bond acceptors (Lipinski definition) is 2. The zero-order chi connectivity index (χ0) is 23.2. The summed E-state index contributed by atoms with van der Waals surface area (Å²) < 4.78 is 0. The van der Waals surface area contributed by atoms with Crippen LogP contribution in [0.3, 0.4) is 0 Å². The van der Waals surface area contributed by atoms with Crippen LogP contribution in [0.5, 0.6) is 0 Å². The number of terminal acetylenes is 1. The van der Waals surface area contributed by atoms with Crippen molar-refractivity contribution in [2.24, 2.45) is 5.92 Å². The molecule has 1 aliphatic rings. The van der Waals surface area contributed by atoms with Gasteiger partial charge in [0.15, 0.2) is 0 Å². The van der Waals surface area contributed by atoms with Gasteiger partial charge in [-0.1, -0.05) is 73.7 Å². The van der Waals surface area contributed by atoms with Crippen molar-refractivity contribution in [2.75, 3.05) is 11.9 Å². The number of fused-ring (bicyclic) bond motifs is 1. The molecule has 1 fully saturated rings. The molecule has 1 unspecified atom stereocenters. The molecular formula is C29H30N2O2. The summed E-state index contributed by atoms with van der Waals surface area (Å²) in [6.45, 7) is 2.01. The van der Waals surface area contributed by atoms with Crippen molar-refractivity contribution in [3.05, 3.63) is 77.9 Å². The van der Waals surface area contributed by atoms with Gasteiger partial charge in [-0.3, -0.25) is 9.59 Å². The Kier molecular flexibility index (Phi) is 7.10. The van der Waals surface area contributed by atoms with Gasteiger partial charge in [0.25, 0.3) is 5.91 Å². The Morgan fingerprint density at radius 2 is 1.70 bits per heavy atom. The van der Waals surface area contributed by atoms with E-state index in [2.05, 4.69) is 11.2 Å². The number of amides is 2. The number of aryl methyl sites for hydroxylation is 1. The van der Waals surface area contributed by atoms with E-state index >= 15 is 0 Å². The lowest BCUT2D eigenvalue weighted by Gasteiger charge is -2.37. The molecule has 1 saturated carbocycles. The van der Waals surface area contributed by atoms with Gasteiger partial charge < -0.3 is 10.2 Å². The Morgan fingerprint density at radius 3 is 2.42 bits per heavy atom. The van der Waals surface area contributed by atoms with E-state index in [1.165, 1.54) is 0 Å². The third kappa shape index (κ3) is 5.09. The molecule has 4 heteroatoms. The van der Waals surface area contributed by atoms with Crippen molar-refractivity contribution in [1.82, 2.24) is 4.90 Å². The van der Waals surface area contributed by atoms with E-state index in [-0.39, 0.29) is 24.3 Å². The molecule has 1 aliphatic carbocycles. The minimum Gasteiger partial charge on any atom is -0.324 e. The highest BCUT2D eigenvalue weighted by Crippen LogP contribution is 2.31. The lowest BCUT2D eigenvalue weighted by atomic mass is 9.82. The van der Waals surface area contributed by atoms with E-state index in [0.717, 1.165) is 54.1 Å². The van der Waals surface area contributed by atoms with Gasteiger partial charge in [-0.05, 0) is 60.2 Å². The number of nitrogens with zero attached hydrogens (tertiary/aromatic N) is 1. The average Bonchev–Trinajstić information content (AvgIpc) is 2.84. The minimum atomic E-state index is -0.611. The highest BCUT2D eigenvalue weighted by Gasteiger charge is 2.37. The SMILES string of the molecule is C#CCN(C(=O)c1ccccc1C)C(C(=O)Nc1ccc2ccccc2c1)C1CCCCC1. The Labute approximate surface area is 196 Å². The van der Waals surface area contributed by atoms with E-state index in [1.54, 1.807) is 11.0 Å². The molecule has 0 spiro atoms. The van der Waals surface area contributed by atoms with Gasteiger partial charge in [0, 0.05) is 11.3 Å². The second kappa shape index (κ2) is 10.4. The average molecular weight is 439 g/mol. The summed E-state index contributed by atoms with van der Waals surface area (Å²) in [5, 5.41) is 5.26. The molecule has 33 heavy (non-hydrogen) atoms. The molecule has 0 bridgehead atoms. The van der Waals surface area contributed by atoms with Crippen LogP contribution in [0, 0.1) is 25.2 Å². The van der Waals surface area contributed by atoms with Crippen LogP contribution in [0.15, 0.2) is 66.7 Å². The summed E-state index contributed by atoms with van der Waals surface area (Å²) in [5.41, 5.74) is 2.19. The number of hydrogen-bond donors (Lipinski definition) is 1. The molecule has 1 atom stereocenters. The maximum atomic E-state index is 13.7. The Bertz CT molecular complexity index is 1190. The quantitative estimate of drug-likeness (QED) is 0.494. The monoisotopic (exact) mass is 438 g/mol. The summed E-state index contributed by atoms with van der Waals surface area (Å²) in [4.78, 5) is 28.9. The molecule has 4 rings (SSSR count). The van der Waals surface area contributed by atoms with Crippen LogP contribution in [0.2, 0.25) is 0 Å².